The van der Waals surface area contributed by atoms with Crippen LogP contribution in [0.15, 0.2) is 18.2 Å². The molecule has 1 aromatic rings. The molecule has 1 aromatic carbocycles. The van der Waals surface area contributed by atoms with Crippen molar-refractivity contribution in [2.75, 3.05) is 55.6 Å². The second-order valence-electron chi connectivity index (χ2n) is 12.6. The number of carbonyl (C=O) groups is 1. The summed E-state index contributed by atoms with van der Waals surface area (Å²) in [5.74, 6) is 0.977. The third-order valence-corrected chi connectivity index (χ3v) is 8.23. The number of hydrogen-bond donors (Lipinski definition) is 0. The number of carbonyl (C=O) groups excluding carboxylic acids is 1. The Hall–Kier alpha value is -1.26. The van der Waals surface area contributed by atoms with Crippen LogP contribution in [0.5, 0.6) is 0 Å². The molecule has 0 unspecified atom stereocenters. The minimum atomic E-state index is 0. The van der Waals surface area contributed by atoms with Gasteiger partial charge >= 0.3 is 0 Å². The van der Waals surface area contributed by atoms with Gasteiger partial charge in [-0.15, -0.1) is 12.4 Å². The first-order chi connectivity index (χ1) is 15.7. The Bertz CT molecular complexity index is 807. The molecule has 0 bridgehead atoms. The zero-order valence-electron chi connectivity index (χ0n) is 22.4. The molecule has 0 spiro atoms. The maximum absolute atomic E-state index is 11.9. The highest BCUT2D eigenvalue weighted by molar-refractivity contribution is 5.85. The summed E-state index contributed by atoms with van der Waals surface area (Å²) in [6.07, 6.45) is 8.52. The van der Waals surface area contributed by atoms with Crippen LogP contribution in [0.4, 0.5) is 11.4 Å². The van der Waals surface area contributed by atoms with E-state index in [9.17, 15) is 4.79 Å². The molecule has 4 nitrogen and oxygen atoms in total. The molecule has 3 fully saturated rings. The molecule has 0 N–H and O–H groups in total. The van der Waals surface area contributed by atoms with Gasteiger partial charge in [0.15, 0.2) is 0 Å². The second-order valence-corrected chi connectivity index (χ2v) is 12.6. The predicted octanol–water partition coefficient (Wildman–Crippen LogP) is 6.52. The lowest BCUT2D eigenvalue weighted by Crippen LogP contribution is -2.48. The van der Waals surface area contributed by atoms with Crippen molar-refractivity contribution in [3.8, 4) is 0 Å². The van der Waals surface area contributed by atoms with Gasteiger partial charge in [0, 0.05) is 57.1 Å². The van der Waals surface area contributed by atoms with Crippen molar-refractivity contribution in [2.45, 2.75) is 85.5 Å². The van der Waals surface area contributed by atoms with E-state index in [1.807, 2.05) is 6.92 Å². The fraction of sp³-hybridized carbons (Fsp3) is 0.759. The molecule has 0 aromatic heterocycles. The standard InChI is InChI=1S/C29H47N3O.ClH/c1-6-25(33)21-30-14-16-32(17-15-30)27-11-10-24(31-12-8-7-9-13-31)18-26(27)23-19-28(2,3)22-29(4,5)20-23;/h10-11,18,23H,6-9,12-17,19-22H2,1-5H3;1H. The lowest BCUT2D eigenvalue weighted by molar-refractivity contribution is -0.119. The number of Topliss-reactive ketones (excluding diaryl/α,β-unsaturated/α-hetero) is 1. The SMILES string of the molecule is CCC(=O)CN1CCN(c2ccc(N3CCCCC3)cc2C2CC(C)(C)CC(C)(C)C2)CC1.Cl. The fourth-order valence-corrected chi connectivity index (χ4v) is 7.08. The average Bonchev–Trinajstić information content (AvgIpc) is 2.78. The first-order valence-electron chi connectivity index (χ1n) is 13.5. The largest absolute Gasteiger partial charge is 0.372 e. The van der Waals surface area contributed by atoms with E-state index >= 15 is 0 Å². The van der Waals surface area contributed by atoms with Gasteiger partial charge in [0.2, 0.25) is 0 Å². The van der Waals surface area contributed by atoms with Gasteiger partial charge in [-0.2, -0.15) is 0 Å². The van der Waals surface area contributed by atoms with Gasteiger partial charge in [-0.1, -0.05) is 34.6 Å². The van der Waals surface area contributed by atoms with E-state index in [0.29, 0.717) is 35.5 Å². The third-order valence-electron chi connectivity index (χ3n) is 8.23. The molecule has 5 heteroatoms. The Balaban J connectivity index is 0.00000324. The topological polar surface area (TPSA) is 26.8 Å². The number of halogens is 1. The predicted molar refractivity (Wildman–Crippen MR) is 148 cm³/mol. The van der Waals surface area contributed by atoms with Crippen LogP contribution in [-0.2, 0) is 4.79 Å². The maximum Gasteiger partial charge on any atom is 0.146 e. The van der Waals surface area contributed by atoms with Crippen molar-refractivity contribution in [2.24, 2.45) is 10.8 Å². The van der Waals surface area contributed by atoms with E-state index in [0.717, 1.165) is 26.2 Å². The number of rotatable bonds is 6. The molecular formula is C29H48ClN3O. The summed E-state index contributed by atoms with van der Waals surface area (Å²) in [5.41, 5.74) is 5.23. The number of piperazine rings is 1. The van der Waals surface area contributed by atoms with E-state index in [1.165, 1.54) is 63.0 Å². The number of nitrogens with zero attached hydrogens (tertiary/aromatic N) is 3. The molecule has 0 atom stereocenters. The van der Waals surface area contributed by atoms with Gasteiger partial charge in [-0.3, -0.25) is 9.69 Å². The summed E-state index contributed by atoms with van der Waals surface area (Å²) in [6, 6.07) is 7.38. The number of piperidine rings is 1. The van der Waals surface area contributed by atoms with Crippen molar-refractivity contribution in [3.05, 3.63) is 23.8 Å². The van der Waals surface area contributed by atoms with Crippen LogP contribution in [0.25, 0.3) is 0 Å². The van der Waals surface area contributed by atoms with Crippen LogP contribution in [0.2, 0.25) is 0 Å². The molecule has 34 heavy (non-hydrogen) atoms. The van der Waals surface area contributed by atoms with Crippen molar-refractivity contribution < 1.29 is 4.79 Å². The number of ketones is 1. The maximum atomic E-state index is 11.9. The molecule has 1 saturated carbocycles. The Labute approximate surface area is 214 Å². The van der Waals surface area contributed by atoms with E-state index in [2.05, 4.69) is 60.6 Å². The highest BCUT2D eigenvalue weighted by Gasteiger charge is 2.40. The molecule has 1 aliphatic carbocycles. The Morgan fingerprint density at radius 3 is 2.09 bits per heavy atom. The highest BCUT2D eigenvalue weighted by atomic mass is 35.5. The molecule has 0 radical (unpaired) electrons. The molecule has 192 valence electrons. The Kier molecular flexibility index (Phi) is 9.01. The van der Waals surface area contributed by atoms with Gasteiger partial charge in [0.05, 0.1) is 6.54 Å². The van der Waals surface area contributed by atoms with E-state index < -0.39 is 0 Å². The Morgan fingerprint density at radius 2 is 1.50 bits per heavy atom. The van der Waals surface area contributed by atoms with Gasteiger partial charge in [-0.25, -0.2) is 0 Å². The average molecular weight is 490 g/mol. The van der Waals surface area contributed by atoms with Crippen LogP contribution < -0.4 is 9.80 Å². The van der Waals surface area contributed by atoms with E-state index in [1.54, 1.807) is 5.56 Å². The van der Waals surface area contributed by atoms with Crippen LogP contribution in [0.3, 0.4) is 0 Å². The van der Waals surface area contributed by atoms with Gasteiger partial charge < -0.3 is 9.80 Å². The van der Waals surface area contributed by atoms with Crippen LogP contribution >= 0.6 is 12.4 Å². The minimum Gasteiger partial charge on any atom is -0.372 e. The molecule has 0 amide bonds. The summed E-state index contributed by atoms with van der Waals surface area (Å²) < 4.78 is 0. The molecule has 2 saturated heterocycles. The summed E-state index contributed by atoms with van der Waals surface area (Å²) in [7, 11) is 0. The fourth-order valence-electron chi connectivity index (χ4n) is 7.08. The van der Waals surface area contributed by atoms with Crippen LogP contribution in [-0.4, -0.2) is 56.5 Å². The number of hydrogen-bond acceptors (Lipinski definition) is 4. The number of anilines is 2. The first kappa shape index (κ1) is 27.3. The summed E-state index contributed by atoms with van der Waals surface area (Å²) >= 11 is 0. The van der Waals surface area contributed by atoms with Gasteiger partial charge in [0.1, 0.15) is 5.78 Å². The summed E-state index contributed by atoms with van der Waals surface area (Å²) in [5, 5.41) is 0. The summed E-state index contributed by atoms with van der Waals surface area (Å²) in [4.78, 5) is 19.5. The highest BCUT2D eigenvalue weighted by Crippen LogP contribution is 2.53. The van der Waals surface area contributed by atoms with Crippen molar-refractivity contribution in [3.63, 3.8) is 0 Å². The third kappa shape index (κ3) is 6.69. The van der Waals surface area contributed by atoms with Crippen molar-refractivity contribution >= 4 is 29.6 Å². The normalized spacial score (nSPS) is 23.4. The zero-order valence-corrected chi connectivity index (χ0v) is 23.2. The molecule has 3 aliphatic rings. The first-order valence-corrected chi connectivity index (χ1v) is 13.5. The van der Waals surface area contributed by atoms with E-state index in [-0.39, 0.29) is 12.4 Å². The Morgan fingerprint density at radius 1 is 0.882 bits per heavy atom. The quantitative estimate of drug-likeness (QED) is 0.454. The van der Waals surface area contributed by atoms with Crippen molar-refractivity contribution in [1.82, 2.24) is 4.90 Å². The van der Waals surface area contributed by atoms with E-state index in [4.69, 9.17) is 0 Å². The second kappa shape index (κ2) is 11.2. The van der Waals surface area contributed by atoms with Gasteiger partial charge in [-0.05, 0) is 79.0 Å². The monoisotopic (exact) mass is 489 g/mol. The molecule has 2 aliphatic heterocycles. The summed E-state index contributed by atoms with van der Waals surface area (Å²) in [6.45, 7) is 18.9. The lowest BCUT2D eigenvalue weighted by atomic mass is 9.60. The van der Waals surface area contributed by atoms with Gasteiger partial charge in [0.25, 0.3) is 0 Å². The van der Waals surface area contributed by atoms with Crippen LogP contribution in [0, 0.1) is 10.8 Å². The minimum absolute atomic E-state index is 0. The molecule has 2 heterocycles. The molecular weight excluding hydrogens is 442 g/mol. The zero-order chi connectivity index (χ0) is 23.6. The lowest BCUT2D eigenvalue weighted by Gasteiger charge is -2.46. The smallest absolute Gasteiger partial charge is 0.146 e. The van der Waals surface area contributed by atoms with Crippen LogP contribution in [0.1, 0.15) is 91.0 Å². The van der Waals surface area contributed by atoms with Crippen molar-refractivity contribution in [1.29, 1.82) is 0 Å². The number of benzene rings is 1. The molecule has 4 rings (SSSR count).